The molecule has 2 nitrogen and oxygen atoms in total. The van der Waals surface area contributed by atoms with Gasteiger partial charge >= 0.3 is 0 Å². The molecule has 2 rings (SSSR count). The van der Waals surface area contributed by atoms with E-state index in [0.717, 1.165) is 16.1 Å². The second-order valence-electron chi connectivity index (χ2n) is 4.60. The second kappa shape index (κ2) is 4.98. The minimum Gasteiger partial charge on any atom is -0.320 e. The molecule has 2 N–H and O–H groups in total. The molecule has 0 saturated carbocycles. The molecule has 0 aliphatic rings. The van der Waals surface area contributed by atoms with Crippen molar-refractivity contribution in [2.45, 2.75) is 32.7 Å². The van der Waals surface area contributed by atoms with E-state index in [4.69, 9.17) is 5.73 Å². The molecular formula is C14H18N2S. The first-order valence-corrected chi connectivity index (χ1v) is 6.73. The normalized spacial score (nSPS) is 13.0. The summed E-state index contributed by atoms with van der Waals surface area (Å²) in [6.07, 6.45) is 0. The van der Waals surface area contributed by atoms with Gasteiger partial charge in [-0.05, 0) is 24.0 Å². The summed E-state index contributed by atoms with van der Waals surface area (Å²) in [6.45, 7) is 6.40. The van der Waals surface area contributed by atoms with Crippen molar-refractivity contribution in [2.75, 3.05) is 0 Å². The monoisotopic (exact) mass is 246 g/mol. The minimum absolute atomic E-state index is 0.0521. The summed E-state index contributed by atoms with van der Waals surface area (Å²) in [5.74, 6) is 0.561. The van der Waals surface area contributed by atoms with E-state index in [2.05, 4.69) is 43.1 Å². The predicted molar refractivity (Wildman–Crippen MR) is 73.4 cm³/mol. The average Bonchev–Trinajstić information content (AvgIpc) is 2.74. The molecule has 90 valence electrons. The fourth-order valence-corrected chi connectivity index (χ4v) is 2.68. The number of rotatable bonds is 3. The van der Waals surface area contributed by atoms with Gasteiger partial charge in [0.2, 0.25) is 0 Å². The van der Waals surface area contributed by atoms with Crippen LogP contribution in [0.15, 0.2) is 29.8 Å². The summed E-state index contributed by atoms with van der Waals surface area (Å²) in [5, 5.41) is 0. The summed E-state index contributed by atoms with van der Waals surface area (Å²) in [6, 6.07) is 8.52. The number of nitrogens with zero attached hydrogens (tertiary/aromatic N) is 1. The standard InChI is InChI=1S/C14H18N2S/c1-9(2)11-4-6-12(7-5-11)13(15)14-10(3)16-8-17-14/h4-9,13H,15H2,1-3H3. The molecule has 0 bridgehead atoms. The fourth-order valence-electron chi connectivity index (χ4n) is 1.85. The zero-order valence-corrected chi connectivity index (χ0v) is 11.3. The van der Waals surface area contributed by atoms with Crippen molar-refractivity contribution in [3.8, 4) is 0 Å². The van der Waals surface area contributed by atoms with Crippen LogP contribution >= 0.6 is 11.3 Å². The first-order chi connectivity index (χ1) is 8.09. The summed E-state index contributed by atoms with van der Waals surface area (Å²) in [4.78, 5) is 5.40. The molecule has 1 atom stereocenters. The number of aromatic nitrogens is 1. The largest absolute Gasteiger partial charge is 0.320 e. The van der Waals surface area contributed by atoms with Gasteiger partial charge in [0, 0.05) is 4.88 Å². The highest BCUT2D eigenvalue weighted by molar-refractivity contribution is 7.09. The Morgan fingerprint density at radius 3 is 2.18 bits per heavy atom. The number of hydrogen-bond donors (Lipinski definition) is 1. The van der Waals surface area contributed by atoms with Crippen LogP contribution in [0.2, 0.25) is 0 Å². The van der Waals surface area contributed by atoms with E-state index in [0.29, 0.717) is 5.92 Å². The molecule has 1 heterocycles. The summed E-state index contributed by atoms with van der Waals surface area (Å²) in [7, 11) is 0. The zero-order valence-electron chi connectivity index (χ0n) is 10.5. The summed E-state index contributed by atoms with van der Waals surface area (Å²) >= 11 is 1.63. The van der Waals surface area contributed by atoms with Gasteiger partial charge in [-0.15, -0.1) is 11.3 Å². The van der Waals surface area contributed by atoms with E-state index in [1.54, 1.807) is 11.3 Å². The van der Waals surface area contributed by atoms with Crippen molar-refractivity contribution in [2.24, 2.45) is 5.73 Å². The Labute approximate surface area is 107 Å². The molecule has 17 heavy (non-hydrogen) atoms. The highest BCUT2D eigenvalue weighted by Gasteiger charge is 2.13. The van der Waals surface area contributed by atoms with Crippen LogP contribution in [0.5, 0.6) is 0 Å². The van der Waals surface area contributed by atoms with E-state index in [-0.39, 0.29) is 6.04 Å². The van der Waals surface area contributed by atoms with Gasteiger partial charge < -0.3 is 5.73 Å². The van der Waals surface area contributed by atoms with Crippen molar-refractivity contribution in [3.63, 3.8) is 0 Å². The van der Waals surface area contributed by atoms with Crippen LogP contribution in [0.25, 0.3) is 0 Å². The van der Waals surface area contributed by atoms with Gasteiger partial charge in [-0.25, -0.2) is 4.98 Å². The lowest BCUT2D eigenvalue weighted by Crippen LogP contribution is -2.11. The molecule has 2 aromatic rings. The molecule has 0 saturated heterocycles. The maximum atomic E-state index is 6.26. The van der Waals surface area contributed by atoms with E-state index in [1.807, 2.05) is 12.4 Å². The zero-order chi connectivity index (χ0) is 12.4. The molecule has 0 radical (unpaired) electrons. The number of nitrogens with two attached hydrogens (primary N) is 1. The smallest absolute Gasteiger partial charge is 0.0798 e. The van der Waals surface area contributed by atoms with Gasteiger partial charge in [0.15, 0.2) is 0 Å². The SMILES string of the molecule is Cc1ncsc1C(N)c1ccc(C(C)C)cc1. The van der Waals surface area contributed by atoms with Gasteiger partial charge in [-0.2, -0.15) is 0 Å². The molecule has 1 aromatic heterocycles. The van der Waals surface area contributed by atoms with Crippen molar-refractivity contribution < 1.29 is 0 Å². The van der Waals surface area contributed by atoms with Crippen LogP contribution in [0.4, 0.5) is 0 Å². The predicted octanol–water partition coefficient (Wildman–Crippen LogP) is 3.62. The quantitative estimate of drug-likeness (QED) is 0.898. The van der Waals surface area contributed by atoms with Crippen LogP contribution in [-0.4, -0.2) is 4.98 Å². The number of benzene rings is 1. The molecular weight excluding hydrogens is 228 g/mol. The van der Waals surface area contributed by atoms with Crippen molar-refractivity contribution in [3.05, 3.63) is 51.5 Å². The van der Waals surface area contributed by atoms with Crippen LogP contribution in [0.1, 0.15) is 47.5 Å². The van der Waals surface area contributed by atoms with Crippen molar-refractivity contribution in [1.82, 2.24) is 4.98 Å². The molecule has 0 fully saturated rings. The van der Waals surface area contributed by atoms with E-state index in [1.165, 1.54) is 5.56 Å². The van der Waals surface area contributed by atoms with Crippen molar-refractivity contribution >= 4 is 11.3 Å². The first kappa shape index (κ1) is 12.3. The Balaban J connectivity index is 2.26. The molecule has 1 unspecified atom stereocenters. The Morgan fingerprint density at radius 1 is 1.12 bits per heavy atom. The highest BCUT2D eigenvalue weighted by atomic mass is 32.1. The van der Waals surface area contributed by atoms with E-state index < -0.39 is 0 Å². The van der Waals surface area contributed by atoms with E-state index >= 15 is 0 Å². The first-order valence-electron chi connectivity index (χ1n) is 5.85. The average molecular weight is 246 g/mol. The Morgan fingerprint density at radius 2 is 1.71 bits per heavy atom. The Hall–Kier alpha value is -1.19. The van der Waals surface area contributed by atoms with Gasteiger partial charge in [0.1, 0.15) is 0 Å². The topological polar surface area (TPSA) is 38.9 Å². The molecule has 3 heteroatoms. The summed E-state index contributed by atoms with van der Waals surface area (Å²) < 4.78 is 0. The molecule has 0 aliphatic heterocycles. The van der Waals surface area contributed by atoms with Gasteiger partial charge in [-0.3, -0.25) is 0 Å². The maximum absolute atomic E-state index is 6.26. The molecule has 1 aromatic carbocycles. The third-order valence-corrected chi connectivity index (χ3v) is 4.04. The van der Waals surface area contributed by atoms with Crippen LogP contribution in [-0.2, 0) is 0 Å². The van der Waals surface area contributed by atoms with Crippen LogP contribution in [0, 0.1) is 6.92 Å². The van der Waals surface area contributed by atoms with Gasteiger partial charge in [0.05, 0.1) is 17.2 Å². The number of hydrogen-bond acceptors (Lipinski definition) is 3. The lowest BCUT2D eigenvalue weighted by molar-refractivity contribution is 0.850. The van der Waals surface area contributed by atoms with Crippen LogP contribution in [0.3, 0.4) is 0 Å². The maximum Gasteiger partial charge on any atom is 0.0798 e. The minimum atomic E-state index is -0.0521. The molecule has 0 aliphatic carbocycles. The molecule has 0 spiro atoms. The number of aryl methyl sites for hydroxylation is 1. The van der Waals surface area contributed by atoms with Crippen molar-refractivity contribution in [1.29, 1.82) is 0 Å². The Kier molecular flexibility index (Phi) is 3.60. The lowest BCUT2D eigenvalue weighted by Gasteiger charge is -2.12. The molecule has 0 amide bonds. The lowest BCUT2D eigenvalue weighted by atomic mass is 9.98. The van der Waals surface area contributed by atoms with E-state index in [9.17, 15) is 0 Å². The van der Waals surface area contributed by atoms with Gasteiger partial charge in [0.25, 0.3) is 0 Å². The Bertz CT molecular complexity index is 485. The second-order valence-corrected chi connectivity index (χ2v) is 5.49. The van der Waals surface area contributed by atoms with Gasteiger partial charge in [-0.1, -0.05) is 38.1 Å². The summed E-state index contributed by atoms with van der Waals surface area (Å²) in [5.41, 5.74) is 11.7. The third kappa shape index (κ3) is 2.56. The highest BCUT2D eigenvalue weighted by Crippen LogP contribution is 2.26. The van der Waals surface area contributed by atoms with Crippen LogP contribution < -0.4 is 5.73 Å². The number of thiazole rings is 1. The fraction of sp³-hybridized carbons (Fsp3) is 0.357. The third-order valence-electron chi connectivity index (χ3n) is 3.03.